The third kappa shape index (κ3) is 2.75. The molecule has 0 bridgehead atoms. The zero-order chi connectivity index (χ0) is 13.0. The molecule has 0 heterocycles. The molecule has 1 aromatic rings. The second-order valence-corrected chi connectivity index (χ2v) is 3.84. The summed E-state index contributed by atoms with van der Waals surface area (Å²) < 4.78 is 4.76. The molecule has 0 aliphatic heterocycles. The van der Waals surface area contributed by atoms with Gasteiger partial charge in [-0.25, -0.2) is 4.79 Å². The van der Waals surface area contributed by atoms with Crippen LogP contribution in [0.5, 0.6) is 0 Å². The van der Waals surface area contributed by atoms with Gasteiger partial charge < -0.3 is 4.74 Å². The number of para-hydroxylation sites is 1. The molecule has 3 heteroatoms. The Kier molecular flexibility index (Phi) is 4.10. The molecule has 3 nitrogen and oxygen atoms in total. The molecule has 0 radical (unpaired) electrons. The predicted molar refractivity (Wildman–Crippen MR) is 70.8 cm³/mol. The Hall–Kier alpha value is -2.03. The van der Waals surface area contributed by atoms with Crippen molar-refractivity contribution in [2.24, 2.45) is 0 Å². The van der Waals surface area contributed by atoms with E-state index in [0.29, 0.717) is 5.70 Å². The van der Waals surface area contributed by atoms with Crippen molar-refractivity contribution in [2.45, 2.75) is 13.8 Å². The Morgan fingerprint density at radius 2 is 1.82 bits per heavy atom. The summed E-state index contributed by atoms with van der Waals surface area (Å²) in [7, 11) is 1.35. The lowest BCUT2D eigenvalue weighted by Crippen LogP contribution is -2.29. The van der Waals surface area contributed by atoms with E-state index >= 15 is 0 Å². The van der Waals surface area contributed by atoms with Crippen LogP contribution in [0.4, 0.5) is 10.5 Å². The molecule has 0 atom stereocenters. The smallest absolute Gasteiger partial charge is 0.418 e. The van der Waals surface area contributed by atoms with Crippen LogP contribution in [-0.2, 0) is 4.74 Å². The second kappa shape index (κ2) is 5.34. The second-order valence-electron chi connectivity index (χ2n) is 3.84. The first-order valence-electron chi connectivity index (χ1n) is 5.27. The number of allylic oxidation sites excluding steroid dienone is 2. The fourth-order valence-corrected chi connectivity index (χ4v) is 1.58. The van der Waals surface area contributed by atoms with E-state index in [1.54, 1.807) is 6.92 Å². The third-order valence-electron chi connectivity index (χ3n) is 2.34. The summed E-state index contributed by atoms with van der Waals surface area (Å²) in [6.07, 6.45) is -0.453. The first-order chi connectivity index (χ1) is 7.99. The molecular formula is C14H17NO2. The van der Waals surface area contributed by atoms with Crippen LogP contribution in [-0.4, -0.2) is 13.2 Å². The van der Waals surface area contributed by atoms with Crippen LogP contribution in [0.3, 0.4) is 0 Å². The molecule has 90 valence electrons. The number of benzene rings is 1. The number of carbonyl (C=O) groups is 1. The van der Waals surface area contributed by atoms with Crippen LogP contribution < -0.4 is 4.90 Å². The van der Waals surface area contributed by atoms with Crippen LogP contribution in [0.15, 0.2) is 43.1 Å². The molecule has 0 fully saturated rings. The van der Waals surface area contributed by atoms with Crippen molar-refractivity contribution < 1.29 is 9.53 Å². The van der Waals surface area contributed by atoms with Gasteiger partial charge in [-0.2, -0.15) is 0 Å². The highest BCUT2D eigenvalue weighted by Crippen LogP contribution is 2.28. The van der Waals surface area contributed by atoms with Crippen LogP contribution in [0.1, 0.15) is 19.4 Å². The fraction of sp³-hybridized carbons (Fsp3) is 0.214. The number of carbonyl (C=O) groups excluding carboxylic acids is 1. The van der Waals surface area contributed by atoms with E-state index in [-0.39, 0.29) is 0 Å². The Morgan fingerprint density at radius 3 is 2.29 bits per heavy atom. The summed E-state index contributed by atoms with van der Waals surface area (Å²) in [6, 6.07) is 7.52. The van der Waals surface area contributed by atoms with E-state index in [9.17, 15) is 4.79 Å². The molecule has 0 unspecified atom stereocenters. The maximum atomic E-state index is 11.7. The zero-order valence-electron chi connectivity index (χ0n) is 10.5. The van der Waals surface area contributed by atoms with E-state index in [1.165, 1.54) is 12.0 Å². The van der Waals surface area contributed by atoms with E-state index in [0.717, 1.165) is 16.8 Å². The van der Waals surface area contributed by atoms with E-state index in [2.05, 4.69) is 13.2 Å². The Morgan fingerprint density at radius 1 is 1.24 bits per heavy atom. The van der Waals surface area contributed by atoms with Gasteiger partial charge in [0.1, 0.15) is 0 Å². The molecule has 17 heavy (non-hydrogen) atoms. The average Bonchev–Trinajstić information content (AvgIpc) is 2.29. The Balaban J connectivity index is 3.33. The van der Waals surface area contributed by atoms with Gasteiger partial charge in [0.05, 0.1) is 12.8 Å². The minimum atomic E-state index is -0.453. The van der Waals surface area contributed by atoms with Gasteiger partial charge in [-0.15, -0.1) is 0 Å². The van der Waals surface area contributed by atoms with Gasteiger partial charge in [-0.3, -0.25) is 4.90 Å². The molecule has 0 aliphatic rings. The number of methoxy groups -OCH3 is 1. The van der Waals surface area contributed by atoms with Gasteiger partial charge in [0.25, 0.3) is 0 Å². The SMILES string of the molecule is C=C(C)c1ccccc1N(C(=C)C)C(=O)OC. The number of rotatable bonds is 3. The summed E-state index contributed by atoms with van der Waals surface area (Å²) in [5, 5.41) is 0. The van der Waals surface area contributed by atoms with Gasteiger partial charge in [-0.1, -0.05) is 31.4 Å². The van der Waals surface area contributed by atoms with E-state index < -0.39 is 6.09 Å². The first kappa shape index (κ1) is 13.0. The minimum absolute atomic E-state index is 0.453. The standard InChI is InChI=1S/C14H17NO2/c1-10(2)12-8-6-7-9-13(12)15(11(3)4)14(16)17-5/h6-9H,1,3H2,2,4-5H3. The predicted octanol–water partition coefficient (Wildman–Crippen LogP) is 3.83. The number of ether oxygens (including phenoxy) is 1. The van der Waals surface area contributed by atoms with Gasteiger partial charge in [-0.05, 0) is 25.5 Å². The summed E-state index contributed by atoms with van der Waals surface area (Å²) in [4.78, 5) is 13.2. The summed E-state index contributed by atoms with van der Waals surface area (Å²) in [6.45, 7) is 11.4. The van der Waals surface area contributed by atoms with Crippen molar-refractivity contribution in [2.75, 3.05) is 12.0 Å². The highest BCUT2D eigenvalue weighted by Gasteiger charge is 2.19. The van der Waals surface area contributed by atoms with Crippen LogP contribution in [0, 0.1) is 0 Å². The average molecular weight is 231 g/mol. The molecule has 0 saturated heterocycles. The highest BCUT2D eigenvalue weighted by atomic mass is 16.5. The molecular weight excluding hydrogens is 214 g/mol. The third-order valence-corrected chi connectivity index (χ3v) is 2.34. The summed E-state index contributed by atoms with van der Waals surface area (Å²) in [5.41, 5.74) is 3.13. The largest absolute Gasteiger partial charge is 0.452 e. The number of nitrogens with zero attached hydrogens (tertiary/aromatic N) is 1. The maximum absolute atomic E-state index is 11.7. The van der Waals surface area contributed by atoms with Crippen LogP contribution >= 0.6 is 0 Å². The van der Waals surface area contributed by atoms with Gasteiger partial charge in [0.2, 0.25) is 0 Å². The molecule has 1 amide bonds. The van der Waals surface area contributed by atoms with Gasteiger partial charge in [0, 0.05) is 11.3 Å². The normalized spacial score (nSPS) is 9.59. The lowest BCUT2D eigenvalue weighted by Gasteiger charge is -2.23. The van der Waals surface area contributed by atoms with E-state index in [1.807, 2.05) is 31.2 Å². The van der Waals surface area contributed by atoms with Crippen molar-refractivity contribution in [3.05, 3.63) is 48.7 Å². The van der Waals surface area contributed by atoms with Crippen molar-refractivity contribution in [1.29, 1.82) is 0 Å². The lowest BCUT2D eigenvalue weighted by atomic mass is 10.1. The molecule has 1 rings (SSSR count). The number of anilines is 1. The summed E-state index contributed by atoms with van der Waals surface area (Å²) >= 11 is 0. The fourth-order valence-electron chi connectivity index (χ4n) is 1.58. The number of hydrogen-bond acceptors (Lipinski definition) is 2. The molecule has 0 aliphatic carbocycles. The van der Waals surface area contributed by atoms with Crippen molar-refractivity contribution in [3.63, 3.8) is 0 Å². The van der Waals surface area contributed by atoms with E-state index in [4.69, 9.17) is 4.74 Å². The molecule has 0 aromatic heterocycles. The van der Waals surface area contributed by atoms with Crippen LogP contribution in [0.2, 0.25) is 0 Å². The maximum Gasteiger partial charge on any atom is 0.418 e. The quantitative estimate of drug-likeness (QED) is 0.791. The number of hydrogen-bond donors (Lipinski definition) is 0. The topological polar surface area (TPSA) is 29.5 Å². The Bertz CT molecular complexity index is 463. The van der Waals surface area contributed by atoms with Gasteiger partial charge >= 0.3 is 6.09 Å². The monoisotopic (exact) mass is 231 g/mol. The lowest BCUT2D eigenvalue weighted by molar-refractivity contribution is 0.180. The Labute approximate surface area is 102 Å². The number of amides is 1. The van der Waals surface area contributed by atoms with Crippen molar-refractivity contribution in [1.82, 2.24) is 0 Å². The zero-order valence-corrected chi connectivity index (χ0v) is 10.5. The van der Waals surface area contributed by atoms with Crippen molar-refractivity contribution >= 4 is 17.4 Å². The first-order valence-corrected chi connectivity index (χ1v) is 5.27. The highest BCUT2D eigenvalue weighted by molar-refractivity contribution is 5.94. The minimum Gasteiger partial charge on any atom is -0.452 e. The molecule has 0 saturated carbocycles. The molecule has 1 aromatic carbocycles. The molecule has 0 N–H and O–H groups in total. The van der Waals surface area contributed by atoms with Crippen molar-refractivity contribution in [3.8, 4) is 0 Å². The van der Waals surface area contributed by atoms with Crippen LogP contribution in [0.25, 0.3) is 5.57 Å². The summed E-state index contributed by atoms with van der Waals surface area (Å²) in [5.74, 6) is 0. The van der Waals surface area contributed by atoms with Gasteiger partial charge in [0.15, 0.2) is 0 Å². The molecule has 0 spiro atoms.